The van der Waals surface area contributed by atoms with Crippen molar-refractivity contribution >= 4 is 0 Å². The molecule has 2 heteroatoms. The van der Waals surface area contributed by atoms with Gasteiger partial charge in [-0.1, -0.05) is 48.0 Å². The molecule has 1 atom stereocenters. The van der Waals surface area contributed by atoms with Gasteiger partial charge in [-0.3, -0.25) is 0 Å². The molecule has 0 saturated carbocycles. The second-order valence-corrected chi connectivity index (χ2v) is 4.45. The standard InChI is InChI=1S/C16H18O2/c1-12-8-9-16(18-2)14(10-12)11-15(17)13-6-4-3-5-7-13/h3-10,15,17H,11H2,1-2H3. The molecule has 0 fully saturated rings. The summed E-state index contributed by atoms with van der Waals surface area (Å²) in [7, 11) is 1.66. The molecule has 0 bridgehead atoms. The summed E-state index contributed by atoms with van der Waals surface area (Å²) >= 11 is 0. The Bertz CT molecular complexity index is 506. The molecule has 0 saturated heterocycles. The van der Waals surface area contributed by atoms with E-state index in [1.54, 1.807) is 7.11 Å². The van der Waals surface area contributed by atoms with Crippen molar-refractivity contribution in [1.82, 2.24) is 0 Å². The van der Waals surface area contributed by atoms with Gasteiger partial charge >= 0.3 is 0 Å². The van der Waals surface area contributed by atoms with Crippen molar-refractivity contribution in [3.05, 3.63) is 65.2 Å². The summed E-state index contributed by atoms with van der Waals surface area (Å²) in [5.41, 5.74) is 3.14. The fraction of sp³-hybridized carbons (Fsp3) is 0.250. The third-order valence-electron chi connectivity index (χ3n) is 3.03. The summed E-state index contributed by atoms with van der Waals surface area (Å²) in [4.78, 5) is 0. The number of aliphatic hydroxyl groups excluding tert-OH is 1. The Morgan fingerprint density at radius 3 is 2.50 bits per heavy atom. The highest BCUT2D eigenvalue weighted by molar-refractivity contribution is 5.38. The summed E-state index contributed by atoms with van der Waals surface area (Å²) < 4.78 is 5.33. The van der Waals surface area contributed by atoms with E-state index < -0.39 is 6.10 Å². The zero-order valence-electron chi connectivity index (χ0n) is 10.8. The van der Waals surface area contributed by atoms with Crippen molar-refractivity contribution in [1.29, 1.82) is 0 Å². The van der Waals surface area contributed by atoms with E-state index in [9.17, 15) is 5.11 Å². The van der Waals surface area contributed by atoms with Crippen LogP contribution in [0.4, 0.5) is 0 Å². The lowest BCUT2D eigenvalue weighted by Gasteiger charge is -2.14. The summed E-state index contributed by atoms with van der Waals surface area (Å²) in [5, 5.41) is 10.2. The Labute approximate surface area is 108 Å². The third kappa shape index (κ3) is 2.90. The van der Waals surface area contributed by atoms with E-state index in [4.69, 9.17) is 4.74 Å². The molecule has 1 unspecified atom stereocenters. The zero-order valence-corrected chi connectivity index (χ0v) is 10.8. The number of aryl methyl sites for hydroxylation is 1. The average molecular weight is 242 g/mol. The van der Waals surface area contributed by atoms with Gasteiger partial charge in [-0.15, -0.1) is 0 Å². The van der Waals surface area contributed by atoms with Gasteiger partial charge in [0.25, 0.3) is 0 Å². The van der Waals surface area contributed by atoms with Crippen molar-refractivity contribution in [2.24, 2.45) is 0 Å². The minimum Gasteiger partial charge on any atom is -0.496 e. The highest BCUT2D eigenvalue weighted by Gasteiger charge is 2.11. The number of aliphatic hydroxyl groups is 1. The minimum atomic E-state index is -0.498. The van der Waals surface area contributed by atoms with Crippen LogP contribution in [0, 0.1) is 6.92 Å². The Kier molecular flexibility index (Phi) is 4.00. The average Bonchev–Trinajstić information content (AvgIpc) is 2.40. The van der Waals surface area contributed by atoms with Gasteiger partial charge in [0, 0.05) is 6.42 Å². The van der Waals surface area contributed by atoms with Crippen LogP contribution in [-0.4, -0.2) is 12.2 Å². The van der Waals surface area contributed by atoms with Crippen LogP contribution in [0.5, 0.6) is 5.75 Å². The van der Waals surface area contributed by atoms with E-state index in [1.165, 1.54) is 5.56 Å². The van der Waals surface area contributed by atoms with Crippen LogP contribution < -0.4 is 4.74 Å². The van der Waals surface area contributed by atoms with E-state index in [-0.39, 0.29) is 0 Å². The topological polar surface area (TPSA) is 29.5 Å². The van der Waals surface area contributed by atoms with Crippen molar-refractivity contribution in [3.8, 4) is 5.75 Å². The normalized spacial score (nSPS) is 12.2. The summed E-state index contributed by atoms with van der Waals surface area (Å²) in [6, 6.07) is 15.7. The number of hydrogen-bond donors (Lipinski definition) is 1. The fourth-order valence-electron chi connectivity index (χ4n) is 2.07. The Hall–Kier alpha value is -1.80. The second kappa shape index (κ2) is 5.69. The first-order valence-electron chi connectivity index (χ1n) is 6.07. The van der Waals surface area contributed by atoms with Gasteiger partial charge in [0.15, 0.2) is 0 Å². The molecule has 0 radical (unpaired) electrons. The maximum atomic E-state index is 10.2. The van der Waals surface area contributed by atoms with Crippen LogP contribution >= 0.6 is 0 Å². The number of methoxy groups -OCH3 is 1. The van der Waals surface area contributed by atoms with E-state index in [0.29, 0.717) is 6.42 Å². The second-order valence-electron chi connectivity index (χ2n) is 4.45. The maximum absolute atomic E-state index is 10.2. The van der Waals surface area contributed by atoms with E-state index >= 15 is 0 Å². The molecule has 2 aromatic rings. The number of rotatable bonds is 4. The molecule has 0 amide bonds. The lowest BCUT2D eigenvalue weighted by atomic mass is 9.99. The zero-order chi connectivity index (χ0) is 13.0. The summed E-state index contributed by atoms with van der Waals surface area (Å²) in [6.45, 7) is 2.04. The Balaban J connectivity index is 2.21. The summed E-state index contributed by atoms with van der Waals surface area (Å²) in [6.07, 6.45) is 0.0661. The molecule has 0 aliphatic rings. The van der Waals surface area contributed by atoms with Crippen LogP contribution in [0.2, 0.25) is 0 Å². The molecule has 18 heavy (non-hydrogen) atoms. The minimum absolute atomic E-state index is 0.498. The first kappa shape index (κ1) is 12.7. The van der Waals surface area contributed by atoms with Crippen LogP contribution in [0.3, 0.4) is 0 Å². The number of hydrogen-bond acceptors (Lipinski definition) is 2. The van der Waals surface area contributed by atoms with Crippen LogP contribution in [0.25, 0.3) is 0 Å². The molecule has 0 spiro atoms. The van der Waals surface area contributed by atoms with Crippen molar-refractivity contribution in [2.75, 3.05) is 7.11 Å². The molecule has 2 nitrogen and oxygen atoms in total. The third-order valence-corrected chi connectivity index (χ3v) is 3.03. The molecule has 1 N–H and O–H groups in total. The monoisotopic (exact) mass is 242 g/mol. The van der Waals surface area contributed by atoms with E-state index in [2.05, 4.69) is 6.07 Å². The van der Waals surface area contributed by atoms with Gasteiger partial charge < -0.3 is 9.84 Å². The van der Waals surface area contributed by atoms with Gasteiger partial charge in [0.05, 0.1) is 13.2 Å². The Morgan fingerprint density at radius 2 is 1.83 bits per heavy atom. The van der Waals surface area contributed by atoms with Gasteiger partial charge in [-0.2, -0.15) is 0 Å². The molecule has 2 aromatic carbocycles. The number of benzene rings is 2. The molecule has 0 aliphatic heterocycles. The smallest absolute Gasteiger partial charge is 0.122 e. The fourth-order valence-corrected chi connectivity index (χ4v) is 2.07. The molecule has 2 rings (SSSR count). The van der Waals surface area contributed by atoms with Gasteiger partial charge in [-0.25, -0.2) is 0 Å². The Morgan fingerprint density at radius 1 is 1.11 bits per heavy atom. The van der Waals surface area contributed by atoms with E-state index in [0.717, 1.165) is 16.9 Å². The van der Waals surface area contributed by atoms with Gasteiger partial charge in [0.2, 0.25) is 0 Å². The molecule has 0 aromatic heterocycles. The van der Waals surface area contributed by atoms with Crippen LogP contribution in [0.15, 0.2) is 48.5 Å². The van der Waals surface area contributed by atoms with Gasteiger partial charge in [0.1, 0.15) is 5.75 Å². The van der Waals surface area contributed by atoms with Crippen molar-refractivity contribution in [3.63, 3.8) is 0 Å². The van der Waals surface area contributed by atoms with Crippen LogP contribution in [-0.2, 0) is 6.42 Å². The molecular formula is C16H18O2. The summed E-state index contributed by atoms with van der Waals surface area (Å²) in [5.74, 6) is 0.829. The maximum Gasteiger partial charge on any atom is 0.122 e. The van der Waals surface area contributed by atoms with Crippen LogP contribution in [0.1, 0.15) is 22.8 Å². The predicted octanol–water partition coefficient (Wildman–Crippen LogP) is 3.28. The predicted molar refractivity (Wildman–Crippen MR) is 72.8 cm³/mol. The first-order chi connectivity index (χ1) is 8.70. The molecular weight excluding hydrogens is 224 g/mol. The quantitative estimate of drug-likeness (QED) is 0.891. The largest absolute Gasteiger partial charge is 0.496 e. The molecule has 0 aliphatic carbocycles. The highest BCUT2D eigenvalue weighted by Crippen LogP contribution is 2.25. The molecule has 0 heterocycles. The highest BCUT2D eigenvalue weighted by atomic mass is 16.5. The SMILES string of the molecule is COc1ccc(C)cc1CC(O)c1ccccc1. The first-order valence-corrected chi connectivity index (χ1v) is 6.07. The number of ether oxygens (including phenoxy) is 1. The molecule has 94 valence electrons. The van der Waals surface area contributed by atoms with E-state index in [1.807, 2.05) is 49.4 Å². The lowest BCUT2D eigenvalue weighted by Crippen LogP contribution is -2.03. The van der Waals surface area contributed by atoms with Gasteiger partial charge in [-0.05, 0) is 24.1 Å². The van der Waals surface area contributed by atoms with Crippen molar-refractivity contribution in [2.45, 2.75) is 19.4 Å². The lowest BCUT2D eigenvalue weighted by molar-refractivity contribution is 0.177. The van der Waals surface area contributed by atoms with Crippen molar-refractivity contribution < 1.29 is 9.84 Å².